The Bertz CT molecular complexity index is 711. The van der Waals surface area contributed by atoms with Gasteiger partial charge in [-0.25, -0.2) is 0 Å². The highest BCUT2D eigenvalue weighted by Crippen LogP contribution is 2.38. The maximum Gasteiger partial charge on any atom is 0.123 e. The van der Waals surface area contributed by atoms with Gasteiger partial charge in [-0.05, 0) is 43.4 Å². The van der Waals surface area contributed by atoms with E-state index in [1.165, 1.54) is 64.2 Å². The monoisotopic (exact) mass is 412 g/mol. The largest absolute Gasteiger partial charge is 0.507 e. The van der Waals surface area contributed by atoms with Crippen molar-refractivity contribution in [2.45, 2.75) is 84.0 Å². The minimum Gasteiger partial charge on any atom is -0.507 e. The van der Waals surface area contributed by atoms with Crippen LogP contribution in [0.2, 0.25) is 0 Å². The Labute approximate surface area is 183 Å². The molecule has 0 fully saturated rings. The second-order valence-electron chi connectivity index (χ2n) is 8.23. The summed E-state index contributed by atoms with van der Waals surface area (Å²) >= 11 is 0. The summed E-state index contributed by atoms with van der Waals surface area (Å²) in [4.78, 5) is 0. The highest BCUT2D eigenvalue weighted by molar-refractivity contribution is 5.78. The van der Waals surface area contributed by atoms with E-state index in [9.17, 15) is 10.2 Å². The second-order valence-corrected chi connectivity index (χ2v) is 8.23. The van der Waals surface area contributed by atoms with Gasteiger partial charge in [0.25, 0.3) is 0 Å². The second kappa shape index (κ2) is 14.9. The Morgan fingerprint density at radius 1 is 0.633 bits per heavy atom. The molecule has 0 amide bonds. The lowest BCUT2D eigenvalue weighted by molar-refractivity contribution is 0.126. The van der Waals surface area contributed by atoms with Crippen molar-refractivity contribution in [2.24, 2.45) is 0 Å². The Hall–Kier alpha value is -2.00. The van der Waals surface area contributed by atoms with Crippen LogP contribution >= 0.6 is 0 Å². The third-order valence-electron chi connectivity index (χ3n) is 5.68. The number of benzene rings is 2. The minimum absolute atomic E-state index is 0.214. The Balaban J connectivity index is 1.59. The van der Waals surface area contributed by atoms with E-state index in [0.717, 1.165) is 37.2 Å². The van der Waals surface area contributed by atoms with E-state index >= 15 is 0 Å². The third kappa shape index (κ3) is 8.79. The van der Waals surface area contributed by atoms with Gasteiger partial charge in [0.2, 0.25) is 0 Å². The number of phenols is 2. The molecule has 0 spiro atoms. The van der Waals surface area contributed by atoms with Crippen molar-refractivity contribution in [3.63, 3.8) is 0 Å². The predicted octanol–water partition coefficient (Wildman–Crippen LogP) is 7.63. The topological polar surface area (TPSA) is 49.7 Å². The molecule has 0 heterocycles. The number of para-hydroxylation sites is 1. The van der Waals surface area contributed by atoms with Gasteiger partial charge in [-0.2, -0.15) is 0 Å². The van der Waals surface area contributed by atoms with E-state index in [2.05, 4.69) is 13.0 Å². The molecule has 166 valence electrons. The van der Waals surface area contributed by atoms with Crippen LogP contribution in [0, 0.1) is 0 Å². The maximum absolute atomic E-state index is 10.4. The lowest BCUT2D eigenvalue weighted by atomic mass is 9.94. The first-order chi connectivity index (χ1) is 14.7. The zero-order valence-electron chi connectivity index (χ0n) is 18.7. The fourth-order valence-corrected chi connectivity index (χ4v) is 3.93. The number of aromatic hydroxyl groups is 2. The predicted molar refractivity (Wildman–Crippen MR) is 126 cm³/mol. The quantitative estimate of drug-likeness (QED) is 0.279. The first-order valence-corrected chi connectivity index (χ1v) is 11.9. The van der Waals surface area contributed by atoms with Crippen LogP contribution < -0.4 is 0 Å². The standard InChI is InChI=1S/C27H40O3/c1-2-3-13-21-30-22-14-9-7-5-4-6-8-10-16-23-17-15-20-26(29)27(23)24-18-11-12-19-25(24)28/h11-12,15,17-20,28-29H,2-10,13-14,16,21-22H2,1H3. The highest BCUT2D eigenvalue weighted by atomic mass is 16.5. The summed E-state index contributed by atoms with van der Waals surface area (Å²) in [7, 11) is 0. The Kier molecular flexibility index (Phi) is 12.1. The fraction of sp³-hybridized carbons (Fsp3) is 0.556. The molecule has 0 aliphatic heterocycles. The van der Waals surface area contributed by atoms with Gasteiger partial charge < -0.3 is 14.9 Å². The minimum atomic E-state index is 0.214. The maximum atomic E-state index is 10.4. The molecule has 3 heteroatoms. The fourth-order valence-electron chi connectivity index (χ4n) is 3.93. The molecule has 2 aromatic rings. The van der Waals surface area contributed by atoms with Gasteiger partial charge in [-0.3, -0.25) is 0 Å². The number of ether oxygens (including phenoxy) is 1. The van der Waals surface area contributed by atoms with Crippen LogP contribution in [0.3, 0.4) is 0 Å². The molecule has 0 saturated heterocycles. The third-order valence-corrected chi connectivity index (χ3v) is 5.68. The van der Waals surface area contributed by atoms with Gasteiger partial charge in [-0.15, -0.1) is 0 Å². The van der Waals surface area contributed by atoms with E-state index in [0.29, 0.717) is 5.56 Å². The Morgan fingerprint density at radius 3 is 1.93 bits per heavy atom. The van der Waals surface area contributed by atoms with Crippen molar-refractivity contribution in [3.05, 3.63) is 48.0 Å². The van der Waals surface area contributed by atoms with E-state index < -0.39 is 0 Å². The van der Waals surface area contributed by atoms with Crippen molar-refractivity contribution < 1.29 is 14.9 Å². The highest BCUT2D eigenvalue weighted by Gasteiger charge is 2.13. The molecule has 2 N–H and O–H groups in total. The average Bonchev–Trinajstić information content (AvgIpc) is 2.75. The van der Waals surface area contributed by atoms with Crippen molar-refractivity contribution in [2.75, 3.05) is 13.2 Å². The van der Waals surface area contributed by atoms with Crippen LogP contribution in [-0.2, 0) is 11.2 Å². The van der Waals surface area contributed by atoms with Crippen molar-refractivity contribution >= 4 is 0 Å². The number of phenolic OH excluding ortho intramolecular Hbond substituents is 2. The zero-order valence-corrected chi connectivity index (χ0v) is 18.7. The normalized spacial score (nSPS) is 11.1. The smallest absolute Gasteiger partial charge is 0.123 e. The molecule has 0 saturated carbocycles. The molecule has 0 radical (unpaired) electrons. The lowest BCUT2D eigenvalue weighted by Gasteiger charge is -2.13. The average molecular weight is 413 g/mol. The molecule has 2 aromatic carbocycles. The molecular weight excluding hydrogens is 372 g/mol. The number of aryl methyl sites for hydroxylation is 1. The first-order valence-electron chi connectivity index (χ1n) is 11.9. The van der Waals surface area contributed by atoms with Gasteiger partial charge >= 0.3 is 0 Å². The van der Waals surface area contributed by atoms with Crippen molar-refractivity contribution in [1.82, 2.24) is 0 Å². The lowest BCUT2D eigenvalue weighted by Crippen LogP contribution is -1.96. The SMILES string of the molecule is CCCCCOCCCCCCCCCCc1cccc(O)c1-c1ccccc1O. The van der Waals surface area contributed by atoms with Crippen LogP contribution in [0.5, 0.6) is 11.5 Å². The number of unbranched alkanes of at least 4 members (excludes halogenated alkanes) is 9. The van der Waals surface area contributed by atoms with Crippen molar-refractivity contribution in [1.29, 1.82) is 0 Å². The molecule has 0 aliphatic carbocycles. The summed E-state index contributed by atoms with van der Waals surface area (Å²) in [6, 6.07) is 12.9. The molecule has 30 heavy (non-hydrogen) atoms. The van der Waals surface area contributed by atoms with Crippen LogP contribution in [0.1, 0.15) is 83.1 Å². The van der Waals surface area contributed by atoms with Gasteiger partial charge in [0.05, 0.1) is 0 Å². The molecule has 3 nitrogen and oxygen atoms in total. The molecule has 0 atom stereocenters. The number of rotatable bonds is 16. The molecule has 0 aliphatic rings. The summed E-state index contributed by atoms with van der Waals surface area (Å²) in [5.74, 6) is 0.454. The molecule has 0 aromatic heterocycles. The summed E-state index contributed by atoms with van der Waals surface area (Å²) in [6.45, 7) is 4.08. The van der Waals surface area contributed by atoms with Gasteiger partial charge in [-0.1, -0.05) is 88.6 Å². The molecule has 2 rings (SSSR count). The van der Waals surface area contributed by atoms with E-state index in [-0.39, 0.29) is 11.5 Å². The summed E-state index contributed by atoms with van der Waals surface area (Å²) in [5, 5.41) is 20.6. The van der Waals surface area contributed by atoms with Gasteiger partial charge in [0.15, 0.2) is 0 Å². The summed E-state index contributed by atoms with van der Waals surface area (Å²) < 4.78 is 5.66. The van der Waals surface area contributed by atoms with E-state index in [1.54, 1.807) is 18.2 Å². The van der Waals surface area contributed by atoms with E-state index in [1.807, 2.05) is 18.2 Å². The molecule has 0 unspecified atom stereocenters. The molecular formula is C27H40O3. The number of hydrogen-bond donors (Lipinski definition) is 2. The molecule has 0 bridgehead atoms. The van der Waals surface area contributed by atoms with E-state index in [4.69, 9.17) is 4.74 Å². The number of hydrogen-bond acceptors (Lipinski definition) is 3. The van der Waals surface area contributed by atoms with Crippen LogP contribution in [0.25, 0.3) is 11.1 Å². The first kappa shape index (κ1) is 24.3. The van der Waals surface area contributed by atoms with Gasteiger partial charge in [0.1, 0.15) is 11.5 Å². The summed E-state index contributed by atoms with van der Waals surface area (Å²) in [6.07, 6.45) is 14.6. The zero-order chi connectivity index (χ0) is 21.4. The summed E-state index contributed by atoms with van der Waals surface area (Å²) in [5.41, 5.74) is 2.59. The van der Waals surface area contributed by atoms with Crippen LogP contribution in [-0.4, -0.2) is 23.4 Å². The Morgan fingerprint density at radius 2 is 1.23 bits per heavy atom. The van der Waals surface area contributed by atoms with Crippen molar-refractivity contribution in [3.8, 4) is 22.6 Å². The van der Waals surface area contributed by atoms with Crippen LogP contribution in [0.4, 0.5) is 0 Å². The van der Waals surface area contributed by atoms with Crippen LogP contribution in [0.15, 0.2) is 42.5 Å². The van der Waals surface area contributed by atoms with Gasteiger partial charge in [0, 0.05) is 24.3 Å².